The summed E-state index contributed by atoms with van der Waals surface area (Å²) in [6.07, 6.45) is 92.4. The zero-order valence-corrected chi connectivity index (χ0v) is 52.6. The summed E-state index contributed by atoms with van der Waals surface area (Å²) < 4.78 is 17.0. The fraction of sp³-hybridized carbons (Fsp3) is 0.716. The number of hydrogen-bond acceptors (Lipinski definition) is 6. The van der Waals surface area contributed by atoms with Gasteiger partial charge in [-0.1, -0.05) is 310 Å². The quantitative estimate of drug-likeness (QED) is 0.0261. The molecular formula is C74H126O6. The lowest BCUT2D eigenvalue weighted by Gasteiger charge is -2.18. The van der Waals surface area contributed by atoms with Gasteiger partial charge in [0.15, 0.2) is 6.10 Å². The van der Waals surface area contributed by atoms with Gasteiger partial charge in [-0.05, 0) is 103 Å². The first kappa shape index (κ1) is 76.1. The Bertz CT molecular complexity index is 1610. The molecule has 0 rings (SSSR count). The Hall–Kier alpha value is -3.93. The fourth-order valence-corrected chi connectivity index (χ4v) is 9.52. The molecule has 0 spiro atoms. The Kier molecular flexibility index (Phi) is 64.3. The van der Waals surface area contributed by atoms with Crippen LogP contribution in [0, 0.1) is 0 Å². The van der Waals surface area contributed by atoms with Crippen LogP contribution in [-0.4, -0.2) is 37.2 Å². The smallest absolute Gasteiger partial charge is 0.306 e. The van der Waals surface area contributed by atoms with Crippen LogP contribution in [-0.2, 0) is 28.6 Å². The van der Waals surface area contributed by atoms with Crippen LogP contribution in [0.25, 0.3) is 0 Å². The number of rotatable bonds is 61. The molecule has 0 saturated heterocycles. The zero-order valence-electron chi connectivity index (χ0n) is 52.6. The second kappa shape index (κ2) is 67.6. The number of allylic oxidation sites excluding steroid dienone is 18. The minimum Gasteiger partial charge on any atom is -0.462 e. The highest BCUT2D eigenvalue weighted by atomic mass is 16.6. The van der Waals surface area contributed by atoms with Gasteiger partial charge in [0, 0.05) is 19.3 Å². The van der Waals surface area contributed by atoms with E-state index in [2.05, 4.69) is 130 Å². The van der Waals surface area contributed by atoms with E-state index in [4.69, 9.17) is 14.2 Å². The van der Waals surface area contributed by atoms with E-state index in [-0.39, 0.29) is 31.1 Å². The number of hydrogen-bond donors (Lipinski definition) is 0. The van der Waals surface area contributed by atoms with Crippen LogP contribution >= 0.6 is 0 Å². The molecule has 458 valence electrons. The summed E-state index contributed by atoms with van der Waals surface area (Å²) in [5.74, 6) is -0.873. The molecule has 0 amide bonds. The molecule has 0 aromatic carbocycles. The van der Waals surface area contributed by atoms with E-state index in [0.717, 1.165) is 116 Å². The molecule has 1 unspecified atom stereocenters. The summed E-state index contributed by atoms with van der Waals surface area (Å²) in [6.45, 7) is 6.44. The van der Waals surface area contributed by atoms with Crippen LogP contribution in [0.1, 0.15) is 323 Å². The standard InChI is InChI=1S/C74H126O6/c1-4-7-10-13-16-19-22-25-27-29-31-33-35-36-37-38-40-41-43-45-47-49-52-55-58-61-64-67-73(76)79-70-71(69-78-72(75)66-63-60-57-54-51-24-21-18-15-12-9-6-3)80-74(77)68-65-62-59-56-53-50-48-46-44-42-39-34-32-30-28-26-23-20-17-14-11-8-5-2/h7-8,10-11,16-17,19-20,25-28,31-34,36-37,71H,4-6,9,12-15,18,21-24,29-30,35,38-70H2,1-3H3/b10-7-,11-8-,19-16-,20-17-,27-25-,28-26-,33-31-,34-32-,37-36-. The third kappa shape index (κ3) is 64.9. The van der Waals surface area contributed by atoms with Crippen LogP contribution in [0.3, 0.4) is 0 Å². The Morgan fingerprint density at radius 3 is 0.762 bits per heavy atom. The molecule has 0 N–H and O–H groups in total. The lowest BCUT2D eigenvalue weighted by atomic mass is 10.0. The van der Waals surface area contributed by atoms with Crippen LogP contribution in [0.15, 0.2) is 109 Å². The van der Waals surface area contributed by atoms with Crippen molar-refractivity contribution in [2.24, 2.45) is 0 Å². The first-order chi connectivity index (χ1) is 39.5. The summed E-state index contributed by atoms with van der Waals surface area (Å²) in [5.41, 5.74) is 0. The van der Waals surface area contributed by atoms with Gasteiger partial charge in [0.1, 0.15) is 13.2 Å². The Balaban J connectivity index is 4.29. The molecule has 0 radical (unpaired) electrons. The molecule has 6 nitrogen and oxygen atoms in total. The van der Waals surface area contributed by atoms with Gasteiger partial charge >= 0.3 is 17.9 Å². The number of unbranched alkanes of at least 4 members (excludes halogenated alkanes) is 32. The van der Waals surface area contributed by atoms with Crippen molar-refractivity contribution in [3.05, 3.63) is 109 Å². The third-order valence-electron chi connectivity index (χ3n) is 14.5. The highest BCUT2D eigenvalue weighted by Gasteiger charge is 2.19. The molecule has 1 atom stereocenters. The summed E-state index contributed by atoms with van der Waals surface area (Å²) in [6, 6.07) is 0. The first-order valence-corrected chi connectivity index (χ1v) is 33.9. The van der Waals surface area contributed by atoms with E-state index in [0.29, 0.717) is 19.3 Å². The maximum atomic E-state index is 12.9. The SMILES string of the molecule is CC/C=C\C/C=C\C/C=C\C/C=C\C/C=C\CCCCCCCCCCCCCC(=O)OCC(COC(=O)CCCCCCCCCCCCCC)OC(=O)CCCCCCCCCCCC/C=C\C/C=C\C/C=C\C/C=C\CC. The minimum atomic E-state index is -0.782. The third-order valence-corrected chi connectivity index (χ3v) is 14.5. The Morgan fingerprint density at radius 2 is 0.487 bits per heavy atom. The highest BCUT2D eigenvalue weighted by molar-refractivity contribution is 5.71. The predicted molar refractivity (Wildman–Crippen MR) is 348 cm³/mol. The van der Waals surface area contributed by atoms with E-state index in [1.54, 1.807) is 0 Å². The molecule has 0 aromatic rings. The molecule has 0 saturated carbocycles. The Labute approximate surface area is 495 Å². The average molecular weight is 1110 g/mol. The average Bonchev–Trinajstić information content (AvgIpc) is 3.46. The molecular weight excluding hydrogens is 985 g/mol. The molecule has 0 fully saturated rings. The van der Waals surface area contributed by atoms with Gasteiger partial charge < -0.3 is 14.2 Å². The van der Waals surface area contributed by atoms with E-state index in [1.165, 1.54) is 167 Å². The van der Waals surface area contributed by atoms with E-state index >= 15 is 0 Å². The van der Waals surface area contributed by atoms with Gasteiger partial charge in [-0.3, -0.25) is 14.4 Å². The second-order valence-electron chi connectivity index (χ2n) is 22.3. The highest BCUT2D eigenvalue weighted by Crippen LogP contribution is 2.17. The van der Waals surface area contributed by atoms with Crippen molar-refractivity contribution in [3.8, 4) is 0 Å². The maximum Gasteiger partial charge on any atom is 0.306 e. The van der Waals surface area contributed by atoms with Crippen molar-refractivity contribution < 1.29 is 28.6 Å². The molecule has 80 heavy (non-hydrogen) atoms. The van der Waals surface area contributed by atoms with Gasteiger partial charge in [-0.2, -0.15) is 0 Å². The fourth-order valence-electron chi connectivity index (χ4n) is 9.52. The molecule has 0 aliphatic heterocycles. The van der Waals surface area contributed by atoms with Gasteiger partial charge in [0.25, 0.3) is 0 Å². The van der Waals surface area contributed by atoms with Crippen LogP contribution in [0.2, 0.25) is 0 Å². The predicted octanol–water partition coefficient (Wildman–Crippen LogP) is 23.4. The molecule has 0 aromatic heterocycles. The van der Waals surface area contributed by atoms with Crippen LogP contribution in [0.4, 0.5) is 0 Å². The first-order valence-electron chi connectivity index (χ1n) is 33.9. The number of carbonyl (C=O) groups excluding carboxylic acids is 3. The van der Waals surface area contributed by atoms with Gasteiger partial charge in [0.2, 0.25) is 0 Å². The lowest BCUT2D eigenvalue weighted by Crippen LogP contribution is -2.30. The zero-order chi connectivity index (χ0) is 57.8. The summed E-state index contributed by atoms with van der Waals surface area (Å²) >= 11 is 0. The largest absolute Gasteiger partial charge is 0.462 e. The number of ether oxygens (including phenoxy) is 3. The second-order valence-corrected chi connectivity index (χ2v) is 22.3. The van der Waals surface area contributed by atoms with Gasteiger partial charge in [-0.25, -0.2) is 0 Å². The molecule has 0 bridgehead atoms. The summed E-state index contributed by atoms with van der Waals surface area (Å²) in [4.78, 5) is 38.4. The molecule has 0 heterocycles. The topological polar surface area (TPSA) is 78.9 Å². The molecule has 6 heteroatoms. The van der Waals surface area contributed by atoms with E-state index in [9.17, 15) is 14.4 Å². The monoisotopic (exact) mass is 1110 g/mol. The van der Waals surface area contributed by atoms with Crippen molar-refractivity contribution in [2.75, 3.05) is 13.2 Å². The maximum absolute atomic E-state index is 12.9. The molecule has 0 aliphatic carbocycles. The van der Waals surface area contributed by atoms with Gasteiger partial charge in [0.05, 0.1) is 0 Å². The van der Waals surface area contributed by atoms with Crippen LogP contribution in [0.5, 0.6) is 0 Å². The van der Waals surface area contributed by atoms with E-state index in [1.807, 2.05) is 0 Å². The molecule has 0 aliphatic rings. The van der Waals surface area contributed by atoms with E-state index < -0.39 is 6.10 Å². The normalized spacial score (nSPS) is 12.8. The van der Waals surface area contributed by atoms with Crippen molar-refractivity contribution in [1.82, 2.24) is 0 Å². The Morgan fingerprint density at radius 1 is 0.263 bits per heavy atom. The van der Waals surface area contributed by atoms with Gasteiger partial charge in [-0.15, -0.1) is 0 Å². The lowest BCUT2D eigenvalue weighted by molar-refractivity contribution is -0.167. The minimum absolute atomic E-state index is 0.0777. The van der Waals surface area contributed by atoms with Crippen LogP contribution < -0.4 is 0 Å². The summed E-state index contributed by atoms with van der Waals surface area (Å²) in [5, 5.41) is 0. The summed E-state index contributed by atoms with van der Waals surface area (Å²) in [7, 11) is 0. The number of carbonyl (C=O) groups is 3. The van der Waals surface area contributed by atoms with Crippen molar-refractivity contribution in [3.63, 3.8) is 0 Å². The number of esters is 3. The van der Waals surface area contributed by atoms with Crippen molar-refractivity contribution in [2.45, 2.75) is 329 Å². The van der Waals surface area contributed by atoms with Crippen molar-refractivity contribution in [1.29, 1.82) is 0 Å². The van der Waals surface area contributed by atoms with Crippen molar-refractivity contribution >= 4 is 17.9 Å².